The van der Waals surface area contributed by atoms with Gasteiger partial charge in [-0.2, -0.15) is 0 Å². The largest absolute Gasteiger partial charge is 0.469 e. The molecule has 1 unspecified atom stereocenters. The smallest absolute Gasteiger partial charge is 0.309 e. The Morgan fingerprint density at radius 3 is 2.53 bits per heavy atom. The van der Waals surface area contributed by atoms with Crippen molar-refractivity contribution in [2.75, 3.05) is 20.2 Å². The van der Waals surface area contributed by atoms with Gasteiger partial charge in [0.25, 0.3) is 0 Å². The SMILES string of the molecule is C=CCN(CC(C)C(=O)OC)[C@H](C)c1ccccc1. The zero-order valence-electron chi connectivity index (χ0n) is 12.0. The summed E-state index contributed by atoms with van der Waals surface area (Å²) in [4.78, 5) is 13.8. The van der Waals surface area contributed by atoms with Crippen LogP contribution in [-0.4, -0.2) is 31.1 Å². The first-order chi connectivity index (χ1) is 9.10. The summed E-state index contributed by atoms with van der Waals surface area (Å²) < 4.78 is 4.79. The summed E-state index contributed by atoms with van der Waals surface area (Å²) in [5.74, 6) is -0.314. The predicted molar refractivity (Wildman–Crippen MR) is 77.8 cm³/mol. The third-order valence-electron chi connectivity index (χ3n) is 3.31. The molecule has 0 aliphatic rings. The molecular formula is C16H23NO2. The third kappa shape index (κ3) is 4.52. The van der Waals surface area contributed by atoms with Gasteiger partial charge in [0, 0.05) is 19.1 Å². The van der Waals surface area contributed by atoms with Crippen LogP contribution in [0.5, 0.6) is 0 Å². The Balaban J connectivity index is 2.77. The van der Waals surface area contributed by atoms with Gasteiger partial charge in [0.15, 0.2) is 0 Å². The van der Waals surface area contributed by atoms with Crippen molar-refractivity contribution in [2.24, 2.45) is 5.92 Å². The highest BCUT2D eigenvalue weighted by Crippen LogP contribution is 2.21. The maximum Gasteiger partial charge on any atom is 0.309 e. The van der Waals surface area contributed by atoms with Crippen LogP contribution in [0.15, 0.2) is 43.0 Å². The molecule has 1 aromatic carbocycles. The number of esters is 1. The Kier molecular flexibility index (Phi) is 6.30. The molecule has 0 aliphatic heterocycles. The number of benzene rings is 1. The number of methoxy groups -OCH3 is 1. The van der Waals surface area contributed by atoms with E-state index in [0.717, 1.165) is 6.54 Å². The summed E-state index contributed by atoms with van der Waals surface area (Å²) >= 11 is 0. The molecule has 0 N–H and O–H groups in total. The van der Waals surface area contributed by atoms with Gasteiger partial charge in [-0.15, -0.1) is 6.58 Å². The summed E-state index contributed by atoms with van der Waals surface area (Å²) in [6, 6.07) is 10.5. The molecule has 1 rings (SSSR count). The van der Waals surface area contributed by atoms with Crippen LogP contribution in [0.3, 0.4) is 0 Å². The van der Waals surface area contributed by atoms with Crippen LogP contribution in [0.2, 0.25) is 0 Å². The summed E-state index contributed by atoms with van der Waals surface area (Å²) in [5, 5.41) is 0. The summed E-state index contributed by atoms with van der Waals surface area (Å²) in [6.07, 6.45) is 1.86. The second-order valence-electron chi connectivity index (χ2n) is 4.75. The van der Waals surface area contributed by atoms with Crippen LogP contribution in [0.1, 0.15) is 25.5 Å². The number of hydrogen-bond donors (Lipinski definition) is 0. The third-order valence-corrected chi connectivity index (χ3v) is 3.31. The zero-order chi connectivity index (χ0) is 14.3. The maximum atomic E-state index is 11.5. The molecule has 0 fully saturated rings. The fourth-order valence-corrected chi connectivity index (χ4v) is 2.13. The second kappa shape index (κ2) is 7.74. The Bertz CT molecular complexity index is 402. The predicted octanol–water partition coefficient (Wildman–Crippen LogP) is 3.04. The van der Waals surface area contributed by atoms with E-state index in [4.69, 9.17) is 4.74 Å². The van der Waals surface area contributed by atoms with Crippen LogP contribution in [0.25, 0.3) is 0 Å². The van der Waals surface area contributed by atoms with Gasteiger partial charge >= 0.3 is 5.97 Å². The maximum absolute atomic E-state index is 11.5. The standard InChI is InChI=1S/C16H23NO2/c1-5-11-17(12-13(2)16(18)19-4)14(3)15-9-7-6-8-10-15/h5-10,13-14H,1,11-12H2,2-4H3/t13?,14-/m1/s1. The lowest BCUT2D eigenvalue weighted by Gasteiger charge is -2.30. The van der Waals surface area contributed by atoms with Crippen molar-refractivity contribution < 1.29 is 9.53 Å². The molecular weight excluding hydrogens is 238 g/mol. The average Bonchev–Trinajstić information content (AvgIpc) is 2.45. The second-order valence-corrected chi connectivity index (χ2v) is 4.75. The summed E-state index contributed by atoms with van der Waals surface area (Å²) in [7, 11) is 1.43. The molecule has 0 saturated heterocycles. The number of carbonyl (C=O) groups is 1. The highest BCUT2D eigenvalue weighted by molar-refractivity contribution is 5.72. The van der Waals surface area contributed by atoms with E-state index in [1.165, 1.54) is 12.7 Å². The normalized spacial score (nSPS) is 13.9. The molecule has 0 heterocycles. The van der Waals surface area contributed by atoms with Crippen molar-refractivity contribution in [2.45, 2.75) is 19.9 Å². The van der Waals surface area contributed by atoms with E-state index in [0.29, 0.717) is 6.54 Å². The van der Waals surface area contributed by atoms with Gasteiger partial charge in [-0.05, 0) is 12.5 Å². The highest BCUT2D eigenvalue weighted by atomic mass is 16.5. The minimum Gasteiger partial charge on any atom is -0.469 e. The Morgan fingerprint density at radius 2 is 2.00 bits per heavy atom. The van der Waals surface area contributed by atoms with Crippen molar-refractivity contribution in [1.29, 1.82) is 0 Å². The van der Waals surface area contributed by atoms with E-state index < -0.39 is 0 Å². The fraction of sp³-hybridized carbons (Fsp3) is 0.438. The molecule has 0 amide bonds. The minimum atomic E-state index is -0.172. The molecule has 0 aliphatic carbocycles. The lowest BCUT2D eigenvalue weighted by Crippen LogP contribution is -2.34. The molecule has 0 radical (unpaired) electrons. The Labute approximate surface area is 115 Å². The van der Waals surface area contributed by atoms with Gasteiger partial charge in [-0.25, -0.2) is 0 Å². The molecule has 0 aromatic heterocycles. The summed E-state index contributed by atoms with van der Waals surface area (Å²) in [5.41, 5.74) is 1.24. The van der Waals surface area contributed by atoms with Crippen LogP contribution in [0.4, 0.5) is 0 Å². The quantitative estimate of drug-likeness (QED) is 0.558. The average molecular weight is 261 g/mol. The zero-order valence-corrected chi connectivity index (χ0v) is 12.0. The van der Waals surface area contributed by atoms with Crippen LogP contribution < -0.4 is 0 Å². The first-order valence-electron chi connectivity index (χ1n) is 6.57. The van der Waals surface area contributed by atoms with E-state index in [2.05, 4.69) is 30.5 Å². The van der Waals surface area contributed by atoms with Gasteiger partial charge in [0.05, 0.1) is 13.0 Å². The number of nitrogens with zero attached hydrogens (tertiary/aromatic N) is 1. The van der Waals surface area contributed by atoms with Crippen molar-refractivity contribution in [1.82, 2.24) is 4.90 Å². The van der Waals surface area contributed by atoms with E-state index >= 15 is 0 Å². The molecule has 0 spiro atoms. The molecule has 3 heteroatoms. The van der Waals surface area contributed by atoms with Crippen molar-refractivity contribution in [3.63, 3.8) is 0 Å². The highest BCUT2D eigenvalue weighted by Gasteiger charge is 2.21. The lowest BCUT2D eigenvalue weighted by molar-refractivity contribution is -0.145. The van der Waals surface area contributed by atoms with Crippen molar-refractivity contribution in [3.05, 3.63) is 48.6 Å². The minimum absolute atomic E-state index is 0.142. The van der Waals surface area contributed by atoms with Crippen LogP contribution in [-0.2, 0) is 9.53 Å². The van der Waals surface area contributed by atoms with Gasteiger partial charge < -0.3 is 4.74 Å². The van der Waals surface area contributed by atoms with E-state index in [1.54, 1.807) is 0 Å². The molecule has 1 aromatic rings. The van der Waals surface area contributed by atoms with Gasteiger partial charge in [-0.3, -0.25) is 9.69 Å². The number of rotatable bonds is 7. The molecule has 19 heavy (non-hydrogen) atoms. The topological polar surface area (TPSA) is 29.5 Å². The molecule has 0 saturated carbocycles. The Morgan fingerprint density at radius 1 is 1.37 bits per heavy atom. The van der Waals surface area contributed by atoms with E-state index in [-0.39, 0.29) is 17.9 Å². The van der Waals surface area contributed by atoms with Crippen molar-refractivity contribution >= 4 is 5.97 Å². The molecule has 2 atom stereocenters. The van der Waals surface area contributed by atoms with Gasteiger partial charge in [0.2, 0.25) is 0 Å². The van der Waals surface area contributed by atoms with E-state index in [1.807, 2.05) is 31.2 Å². The van der Waals surface area contributed by atoms with Crippen LogP contribution in [0, 0.1) is 5.92 Å². The fourth-order valence-electron chi connectivity index (χ4n) is 2.13. The molecule has 104 valence electrons. The van der Waals surface area contributed by atoms with E-state index in [9.17, 15) is 4.79 Å². The van der Waals surface area contributed by atoms with Gasteiger partial charge in [0.1, 0.15) is 0 Å². The lowest BCUT2D eigenvalue weighted by atomic mass is 10.0. The summed E-state index contributed by atoms with van der Waals surface area (Å²) in [6.45, 7) is 9.23. The molecule has 0 bridgehead atoms. The van der Waals surface area contributed by atoms with Gasteiger partial charge in [-0.1, -0.05) is 43.3 Å². The van der Waals surface area contributed by atoms with Crippen molar-refractivity contribution in [3.8, 4) is 0 Å². The monoisotopic (exact) mass is 261 g/mol. The first-order valence-corrected chi connectivity index (χ1v) is 6.57. The number of carbonyl (C=O) groups excluding carboxylic acids is 1. The Hall–Kier alpha value is -1.61. The van der Waals surface area contributed by atoms with Crippen LogP contribution >= 0.6 is 0 Å². The number of ether oxygens (including phenoxy) is 1. The number of hydrogen-bond acceptors (Lipinski definition) is 3. The first kappa shape index (κ1) is 15.4. The molecule has 3 nitrogen and oxygen atoms in total.